The lowest BCUT2D eigenvalue weighted by Crippen LogP contribution is -2.17. The van der Waals surface area contributed by atoms with Gasteiger partial charge in [-0.25, -0.2) is 0 Å². The molecule has 1 fully saturated rings. The van der Waals surface area contributed by atoms with E-state index in [1.807, 2.05) is 50.2 Å². The fourth-order valence-corrected chi connectivity index (χ4v) is 4.17. The molecule has 3 aromatic rings. The van der Waals surface area contributed by atoms with Crippen molar-refractivity contribution >= 4 is 10.9 Å². The second-order valence-electron chi connectivity index (χ2n) is 8.44. The molecule has 5 heteroatoms. The van der Waals surface area contributed by atoms with Crippen molar-refractivity contribution in [1.29, 1.82) is 5.26 Å². The van der Waals surface area contributed by atoms with Crippen LogP contribution >= 0.6 is 0 Å². The van der Waals surface area contributed by atoms with Crippen molar-refractivity contribution in [3.63, 3.8) is 0 Å². The molecule has 0 atom stereocenters. The van der Waals surface area contributed by atoms with E-state index in [2.05, 4.69) is 16.7 Å². The quantitative estimate of drug-likeness (QED) is 0.443. The fraction of sp³-hybridized carbons (Fsp3) is 0.423. The van der Waals surface area contributed by atoms with Crippen molar-refractivity contribution in [2.45, 2.75) is 58.1 Å². The van der Waals surface area contributed by atoms with Crippen LogP contribution < -0.4 is 9.47 Å². The van der Waals surface area contributed by atoms with Crippen LogP contribution in [-0.4, -0.2) is 29.0 Å². The molecular weight excluding hydrogens is 388 g/mol. The Balaban J connectivity index is 1.77. The molecule has 0 unspecified atom stereocenters. The van der Waals surface area contributed by atoms with Crippen molar-refractivity contribution < 1.29 is 14.6 Å². The summed E-state index contributed by atoms with van der Waals surface area (Å²) < 4.78 is 14.1. The van der Waals surface area contributed by atoms with Gasteiger partial charge in [0.05, 0.1) is 29.5 Å². The van der Waals surface area contributed by atoms with Gasteiger partial charge in [-0.1, -0.05) is 0 Å². The lowest BCUT2D eigenvalue weighted by Gasteiger charge is -2.30. The van der Waals surface area contributed by atoms with E-state index in [0.717, 1.165) is 59.3 Å². The highest BCUT2D eigenvalue weighted by molar-refractivity contribution is 5.95. The molecule has 0 bridgehead atoms. The smallest absolute Gasteiger partial charge is 0.121 e. The van der Waals surface area contributed by atoms with Gasteiger partial charge in [-0.2, -0.15) is 5.26 Å². The Hall–Kier alpha value is -2.97. The Labute approximate surface area is 183 Å². The van der Waals surface area contributed by atoms with Crippen LogP contribution in [0, 0.1) is 11.3 Å². The topological polar surface area (TPSA) is 67.4 Å². The predicted octanol–water partition coefficient (Wildman–Crippen LogP) is 5.84. The maximum atomic E-state index is 10.1. The van der Waals surface area contributed by atoms with E-state index in [-0.39, 0.29) is 12.7 Å². The summed E-state index contributed by atoms with van der Waals surface area (Å²) in [6.07, 6.45) is 5.13. The lowest BCUT2D eigenvalue weighted by atomic mass is 9.92. The van der Waals surface area contributed by atoms with E-state index in [1.165, 1.54) is 6.42 Å². The third kappa shape index (κ3) is 4.40. The molecule has 1 aliphatic carbocycles. The summed E-state index contributed by atoms with van der Waals surface area (Å²) in [5.41, 5.74) is 3.78. The minimum Gasteiger partial charge on any atom is -0.494 e. The summed E-state index contributed by atoms with van der Waals surface area (Å²) in [6, 6.07) is 16.9. The molecule has 162 valence electrons. The fourth-order valence-electron chi connectivity index (χ4n) is 4.17. The van der Waals surface area contributed by atoms with Crippen LogP contribution in [0.4, 0.5) is 0 Å². The van der Waals surface area contributed by atoms with E-state index < -0.39 is 0 Å². The largest absolute Gasteiger partial charge is 0.494 e. The third-order valence-corrected chi connectivity index (χ3v) is 5.85. The number of ether oxygens (including phenoxy) is 2. The number of aliphatic hydroxyl groups excluding tert-OH is 1. The molecule has 0 aliphatic heterocycles. The van der Waals surface area contributed by atoms with Crippen molar-refractivity contribution in [2.24, 2.45) is 0 Å². The second-order valence-corrected chi connectivity index (χ2v) is 8.44. The average Bonchev–Trinajstić information content (AvgIpc) is 3.03. The van der Waals surface area contributed by atoms with E-state index >= 15 is 0 Å². The highest BCUT2D eigenvalue weighted by atomic mass is 16.5. The van der Waals surface area contributed by atoms with Crippen molar-refractivity contribution in [1.82, 2.24) is 4.57 Å². The lowest BCUT2D eigenvalue weighted by molar-refractivity contribution is 0.242. The van der Waals surface area contributed by atoms with Crippen LogP contribution in [-0.2, 0) is 0 Å². The van der Waals surface area contributed by atoms with E-state index in [0.29, 0.717) is 18.2 Å². The molecule has 2 aromatic carbocycles. The zero-order valence-corrected chi connectivity index (χ0v) is 18.3. The molecule has 0 spiro atoms. The minimum absolute atomic E-state index is 0.123. The average molecular weight is 419 g/mol. The van der Waals surface area contributed by atoms with Crippen LogP contribution in [0.2, 0.25) is 0 Å². The molecular formula is C26H30N2O3. The first-order valence-electron chi connectivity index (χ1n) is 11.2. The molecule has 1 aliphatic rings. The van der Waals surface area contributed by atoms with Gasteiger partial charge >= 0.3 is 0 Å². The zero-order chi connectivity index (χ0) is 21.8. The molecule has 1 aromatic heterocycles. The van der Waals surface area contributed by atoms with Gasteiger partial charge in [0, 0.05) is 24.1 Å². The van der Waals surface area contributed by atoms with Gasteiger partial charge in [-0.15, -0.1) is 0 Å². The van der Waals surface area contributed by atoms with Crippen molar-refractivity contribution in [3.05, 3.63) is 48.0 Å². The summed E-state index contributed by atoms with van der Waals surface area (Å²) in [5.74, 6) is 1.64. The van der Waals surface area contributed by atoms with Gasteiger partial charge in [0.2, 0.25) is 0 Å². The zero-order valence-electron chi connectivity index (χ0n) is 18.3. The van der Waals surface area contributed by atoms with E-state index in [1.54, 1.807) is 0 Å². The molecule has 5 nitrogen and oxygen atoms in total. The molecule has 4 rings (SSSR count). The van der Waals surface area contributed by atoms with Crippen LogP contribution in [0.15, 0.2) is 42.5 Å². The highest BCUT2D eigenvalue weighted by Gasteiger charge is 2.28. The highest BCUT2D eigenvalue weighted by Crippen LogP contribution is 2.43. The maximum Gasteiger partial charge on any atom is 0.121 e. The van der Waals surface area contributed by atoms with Crippen molar-refractivity contribution in [2.75, 3.05) is 13.2 Å². The van der Waals surface area contributed by atoms with Crippen LogP contribution in [0.1, 0.15) is 57.6 Å². The molecule has 31 heavy (non-hydrogen) atoms. The number of unbranched alkanes of at least 4 members (excludes halogenated alkanes) is 1. The summed E-state index contributed by atoms with van der Waals surface area (Å²) in [6.45, 7) is 4.79. The first-order valence-corrected chi connectivity index (χ1v) is 11.2. The summed E-state index contributed by atoms with van der Waals surface area (Å²) >= 11 is 0. The summed E-state index contributed by atoms with van der Waals surface area (Å²) in [4.78, 5) is 0. The summed E-state index contributed by atoms with van der Waals surface area (Å²) in [5, 5.41) is 20.0. The molecule has 1 heterocycles. The number of aliphatic hydroxyl groups is 1. The Morgan fingerprint density at radius 3 is 2.45 bits per heavy atom. The first kappa shape index (κ1) is 21.3. The number of hydrogen-bond acceptors (Lipinski definition) is 4. The normalized spacial score (nSPS) is 13.9. The maximum absolute atomic E-state index is 10.1. The second kappa shape index (κ2) is 9.45. The summed E-state index contributed by atoms with van der Waals surface area (Å²) in [7, 11) is 0. The van der Waals surface area contributed by atoms with Crippen LogP contribution in [0.5, 0.6) is 11.5 Å². The number of rotatable bonds is 9. The van der Waals surface area contributed by atoms with E-state index in [9.17, 15) is 5.26 Å². The minimum atomic E-state index is 0.123. The number of benzene rings is 2. The monoisotopic (exact) mass is 418 g/mol. The third-order valence-electron chi connectivity index (χ3n) is 5.85. The van der Waals surface area contributed by atoms with Gasteiger partial charge in [-0.05, 0) is 87.9 Å². The Morgan fingerprint density at radius 2 is 1.84 bits per heavy atom. The van der Waals surface area contributed by atoms with Gasteiger partial charge in [0.25, 0.3) is 0 Å². The van der Waals surface area contributed by atoms with Gasteiger partial charge in [0.1, 0.15) is 17.6 Å². The Kier molecular flexibility index (Phi) is 6.48. The first-order chi connectivity index (χ1) is 15.1. The number of fused-ring (bicyclic) bond motifs is 1. The molecule has 0 radical (unpaired) electrons. The molecule has 0 amide bonds. The van der Waals surface area contributed by atoms with Gasteiger partial charge < -0.3 is 19.1 Å². The van der Waals surface area contributed by atoms with E-state index in [4.69, 9.17) is 14.6 Å². The standard InChI is InChI=1S/C26H30N2O3/c1-18(2)31-21-10-8-19(9-11-21)26-24(17-27)23-13-12-22(30-15-4-3-14-29)16-25(23)28(26)20-6-5-7-20/h8-13,16,18,20,29H,3-7,14-15H2,1-2H3. The molecule has 1 saturated carbocycles. The van der Waals surface area contributed by atoms with Crippen LogP contribution in [0.3, 0.4) is 0 Å². The number of hydrogen-bond donors (Lipinski definition) is 1. The molecule has 0 saturated heterocycles. The predicted molar refractivity (Wildman–Crippen MR) is 123 cm³/mol. The number of nitriles is 1. The van der Waals surface area contributed by atoms with Gasteiger partial charge in [-0.3, -0.25) is 0 Å². The SMILES string of the molecule is CC(C)Oc1ccc(-c2c(C#N)c3ccc(OCCCCO)cc3n2C2CCC2)cc1. The number of nitrogens with zero attached hydrogens (tertiary/aromatic N) is 2. The number of aromatic nitrogens is 1. The Bertz CT molecular complexity index is 1070. The molecule has 1 N–H and O–H groups in total. The Morgan fingerprint density at radius 1 is 1.10 bits per heavy atom. The van der Waals surface area contributed by atoms with Crippen LogP contribution in [0.25, 0.3) is 22.2 Å². The van der Waals surface area contributed by atoms with Gasteiger partial charge in [0.15, 0.2) is 0 Å². The van der Waals surface area contributed by atoms with Crippen molar-refractivity contribution in [3.8, 4) is 28.8 Å².